The van der Waals surface area contributed by atoms with Crippen molar-refractivity contribution < 1.29 is 9.48 Å². The van der Waals surface area contributed by atoms with E-state index in [0.717, 1.165) is 23.6 Å². The number of nitrogens with zero attached hydrogens (tertiary/aromatic N) is 4. The van der Waals surface area contributed by atoms with E-state index in [0.29, 0.717) is 22.8 Å². The number of hydrogen-bond donors (Lipinski definition) is 1. The Hall–Kier alpha value is -2.87. The summed E-state index contributed by atoms with van der Waals surface area (Å²) >= 11 is 1.51. The number of thioether (sulfide) groups is 1. The number of H-pyrrole nitrogens is 1. The average Bonchev–Trinajstić information content (AvgIpc) is 3.15. The summed E-state index contributed by atoms with van der Waals surface area (Å²) in [4.78, 5) is 30.9. The summed E-state index contributed by atoms with van der Waals surface area (Å²) in [6, 6.07) is 11.4. The number of fused-ring (bicyclic) bond motifs is 3. The molecule has 1 N–H and O–H groups in total. The molecule has 3 aromatic rings. The van der Waals surface area contributed by atoms with Crippen LogP contribution in [0.5, 0.6) is 0 Å². The molecule has 1 aliphatic heterocycles. The quantitative estimate of drug-likeness (QED) is 0.518. The summed E-state index contributed by atoms with van der Waals surface area (Å²) in [6.45, 7) is 3.93. The lowest BCUT2D eigenvalue weighted by Crippen LogP contribution is -2.61. The summed E-state index contributed by atoms with van der Waals surface area (Å²) in [6.07, 6.45) is 2.73. The molecule has 1 aliphatic rings. The molecule has 150 valence electrons. The molecule has 29 heavy (non-hydrogen) atoms. The Morgan fingerprint density at radius 1 is 1.24 bits per heavy atom. The smallest absolute Gasteiger partial charge is 0.325 e. The van der Waals surface area contributed by atoms with Crippen molar-refractivity contribution in [3.8, 4) is 11.3 Å². The van der Waals surface area contributed by atoms with Gasteiger partial charge in [0, 0.05) is 30.5 Å². The van der Waals surface area contributed by atoms with Crippen molar-refractivity contribution >= 4 is 23.4 Å². The van der Waals surface area contributed by atoms with E-state index in [9.17, 15) is 9.59 Å². The molecule has 3 heterocycles. The molecule has 0 saturated carbocycles. The minimum absolute atomic E-state index is 0.0216. The molecule has 1 unspecified atom stereocenters. The van der Waals surface area contributed by atoms with E-state index in [1.54, 1.807) is 9.58 Å². The third-order valence-electron chi connectivity index (χ3n) is 5.02. The molecule has 0 spiro atoms. The molecule has 1 amide bonds. The minimum Gasteiger partial charge on any atom is -0.347 e. The second-order valence-corrected chi connectivity index (χ2v) is 8.04. The number of hydrogen-bond acceptors (Lipinski definition) is 4. The number of anilines is 1. The molecule has 0 aliphatic carbocycles. The molecule has 8 heteroatoms. The number of carbonyl (C=O) groups is 1. The summed E-state index contributed by atoms with van der Waals surface area (Å²) in [5, 5.41) is 5.33. The van der Waals surface area contributed by atoms with Gasteiger partial charge >= 0.3 is 17.4 Å². The lowest BCUT2D eigenvalue weighted by molar-refractivity contribution is -0.763. The average molecular weight is 411 g/mol. The summed E-state index contributed by atoms with van der Waals surface area (Å²) in [5.74, 6) is 0.831. The van der Waals surface area contributed by atoms with Gasteiger partial charge < -0.3 is 4.57 Å². The molecule has 0 bridgehead atoms. The van der Waals surface area contributed by atoms with Crippen LogP contribution in [0.25, 0.3) is 11.3 Å². The van der Waals surface area contributed by atoms with Crippen LogP contribution in [0.15, 0.2) is 52.5 Å². The lowest BCUT2D eigenvalue weighted by Gasteiger charge is -2.32. The number of para-hydroxylation sites is 1. The summed E-state index contributed by atoms with van der Waals surface area (Å²) in [7, 11) is 1.94. The van der Waals surface area contributed by atoms with Crippen LogP contribution in [0.4, 0.5) is 5.69 Å². The van der Waals surface area contributed by atoms with Crippen molar-refractivity contribution in [1.29, 1.82) is 0 Å². The number of benzene rings is 1. The van der Waals surface area contributed by atoms with E-state index in [1.165, 1.54) is 11.8 Å². The van der Waals surface area contributed by atoms with Crippen molar-refractivity contribution in [1.82, 2.24) is 14.6 Å². The highest BCUT2D eigenvalue weighted by molar-refractivity contribution is 7.99. The highest BCUT2D eigenvalue weighted by atomic mass is 32.2. The van der Waals surface area contributed by atoms with E-state index in [1.807, 2.05) is 61.1 Å². The highest BCUT2D eigenvalue weighted by Crippen LogP contribution is 2.37. The van der Waals surface area contributed by atoms with Gasteiger partial charge in [-0.25, -0.2) is 4.90 Å². The third-order valence-corrected chi connectivity index (χ3v) is 6.09. The van der Waals surface area contributed by atoms with E-state index < -0.39 is 6.17 Å². The second kappa shape index (κ2) is 7.87. The van der Waals surface area contributed by atoms with Gasteiger partial charge in [-0.3, -0.25) is 14.6 Å². The molecular weight excluding hydrogens is 386 g/mol. The summed E-state index contributed by atoms with van der Waals surface area (Å²) < 4.78 is 3.68. The Morgan fingerprint density at radius 3 is 2.72 bits per heavy atom. The largest absolute Gasteiger partial charge is 0.347 e. The Kier molecular flexibility index (Phi) is 5.27. The number of amides is 1. The molecular formula is C21H24N5O2S+. The first-order chi connectivity index (χ1) is 14.1. The van der Waals surface area contributed by atoms with Crippen LogP contribution in [-0.4, -0.2) is 26.3 Å². The first-order valence-corrected chi connectivity index (χ1v) is 10.8. The number of aromatic nitrogens is 4. The van der Waals surface area contributed by atoms with E-state index in [-0.39, 0.29) is 11.5 Å². The third kappa shape index (κ3) is 3.27. The zero-order valence-electron chi connectivity index (χ0n) is 16.8. The van der Waals surface area contributed by atoms with Crippen LogP contribution in [0, 0.1) is 0 Å². The van der Waals surface area contributed by atoms with E-state index in [2.05, 4.69) is 11.9 Å². The predicted molar refractivity (Wildman–Crippen MR) is 113 cm³/mol. The van der Waals surface area contributed by atoms with Gasteiger partial charge in [0.25, 0.3) is 0 Å². The standard InChI is InChI=1S/C21H23N5O2S/c1-4-13-29-21-22-19(28)18-14-9-6-7-10-15(14)25(17(27)5-2)20(26(18)23-21)16-11-8-12-24(16)3/h6-12,20H,4-5,13H2,1-3H3/p+1. The number of rotatable bonds is 5. The number of aromatic amines is 1. The molecule has 1 atom stereocenters. The molecule has 7 nitrogen and oxygen atoms in total. The first-order valence-electron chi connectivity index (χ1n) is 9.78. The van der Waals surface area contributed by atoms with Gasteiger partial charge in [-0.15, -0.1) is 0 Å². The zero-order valence-corrected chi connectivity index (χ0v) is 17.6. The predicted octanol–water partition coefficient (Wildman–Crippen LogP) is 2.87. The van der Waals surface area contributed by atoms with Crippen molar-refractivity contribution in [2.24, 2.45) is 7.05 Å². The van der Waals surface area contributed by atoms with Crippen molar-refractivity contribution in [3.05, 3.63) is 58.6 Å². The molecule has 0 saturated heterocycles. The Morgan fingerprint density at radius 2 is 2.03 bits per heavy atom. The second-order valence-electron chi connectivity index (χ2n) is 6.95. The topological polar surface area (TPSA) is 74.9 Å². The molecule has 2 aromatic heterocycles. The lowest BCUT2D eigenvalue weighted by atomic mass is 10.0. The van der Waals surface area contributed by atoms with Crippen molar-refractivity contribution in [3.63, 3.8) is 0 Å². The van der Waals surface area contributed by atoms with Gasteiger partial charge in [0.15, 0.2) is 0 Å². The summed E-state index contributed by atoms with van der Waals surface area (Å²) in [5.41, 5.74) is 2.59. The first kappa shape index (κ1) is 19.4. The normalized spacial score (nSPS) is 15.1. The monoisotopic (exact) mass is 410 g/mol. The number of nitrogens with one attached hydrogen (secondary N) is 1. The fraction of sp³-hybridized carbons (Fsp3) is 0.333. The highest BCUT2D eigenvalue weighted by Gasteiger charge is 2.46. The van der Waals surface area contributed by atoms with Crippen LogP contribution in [0.3, 0.4) is 0 Å². The number of aryl methyl sites for hydroxylation is 1. The van der Waals surface area contributed by atoms with Gasteiger partial charge in [0.2, 0.25) is 11.1 Å². The maximum atomic E-state index is 13.1. The molecule has 1 aromatic carbocycles. The van der Waals surface area contributed by atoms with Crippen molar-refractivity contribution in [2.45, 2.75) is 38.0 Å². The molecule has 0 radical (unpaired) electrons. The van der Waals surface area contributed by atoms with Crippen LogP contribution >= 0.6 is 11.8 Å². The Bertz CT molecular complexity index is 1120. The van der Waals surface area contributed by atoms with E-state index in [4.69, 9.17) is 5.10 Å². The maximum Gasteiger partial charge on any atom is 0.325 e. The molecule has 4 rings (SSSR count). The fourth-order valence-electron chi connectivity index (χ4n) is 3.69. The fourth-order valence-corrected chi connectivity index (χ4v) is 4.39. The van der Waals surface area contributed by atoms with Gasteiger partial charge in [-0.05, 0) is 35.4 Å². The van der Waals surface area contributed by atoms with Crippen LogP contribution in [0.1, 0.15) is 38.5 Å². The maximum absolute atomic E-state index is 13.1. The number of carbonyl (C=O) groups excluding carboxylic acids is 1. The van der Waals surface area contributed by atoms with Crippen molar-refractivity contribution in [2.75, 3.05) is 10.7 Å². The molecule has 0 fully saturated rings. The van der Waals surface area contributed by atoms with Crippen LogP contribution < -0.4 is 15.1 Å². The van der Waals surface area contributed by atoms with Crippen LogP contribution in [-0.2, 0) is 11.8 Å². The van der Waals surface area contributed by atoms with Gasteiger partial charge in [-0.1, -0.05) is 37.7 Å². The van der Waals surface area contributed by atoms with E-state index >= 15 is 0 Å². The zero-order chi connectivity index (χ0) is 20.5. The SMILES string of the molecule is CCCSc1n[n+]2c(c(=O)[nH]1)-c1ccccc1N(C(=O)CC)C2c1cccn1C. The van der Waals surface area contributed by atoms with Crippen LogP contribution in [0.2, 0.25) is 0 Å². The Labute approximate surface area is 173 Å². The van der Waals surface area contributed by atoms with Gasteiger partial charge in [-0.2, -0.15) is 0 Å². The minimum atomic E-state index is -0.532. The Balaban J connectivity index is 2.03. The van der Waals surface area contributed by atoms with Gasteiger partial charge in [0.1, 0.15) is 5.69 Å². The van der Waals surface area contributed by atoms with Gasteiger partial charge in [0.05, 0.1) is 11.3 Å².